The lowest BCUT2D eigenvalue weighted by Gasteiger charge is -2.13. The summed E-state index contributed by atoms with van der Waals surface area (Å²) >= 11 is 1.43. The average Bonchev–Trinajstić information content (AvgIpc) is 2.78. The molecule has 0 saturated heterocycles. The molecule has 0 aliphatic carbocycles. The van der Waals surface area contributed by atoms with Gasteiger partial charge in [-0.05, 0) is 6.42 Å². The van der Waals surface area contributed by atoms with Crippen LogP contribution in [0.25, 0.3) is 0 Å². The summed E-state index contributed by atoms with van der Waals surface area (Å²) in [5, 5.41) is 16.4. The molecular formula is C10H15N3O3S. The van der Waals surface area contributed by atoms with Crippen LogP contribution < -0.4 is 10.6 Å². The molecule has 3 N–H and O–H groups in total. The number of aliphatic carboxylic acids is 1. The van der Waals surface area contributed by atoms with Crippen LogP contribution in [0.5, 0.6) is 0 Å². The summed E-state index contributed by atoms with van der Waals surface area (Å²) in [5.41, 5.74) is 0. The molecule has 0 saturated carbocycles. The molecule has 0 radical (unpaired) electrons. The topological polar surface area (TPSA) is 91.3 Å². The van der Waals surface area contributed by atoms with Crippen LogP contribution in [0, 0.1) is 0 Å². The van der Waals surface area contributed by atoms with Crippen molar-refractivity contribution in [2.24, 2.45) is 0 Å². The third kappa shape index (κ3) is 4.81. The fourth-order valence-electron chi connectivity index (χ4n) is 1.25. The van der Waals surface area contributed by atoms with Gasteiger partial charge < -0.3 is 15.7 Å². The highest BCUT2D eigenvalue weighted by molar-refractivity contribution is 7.09. The van der Waals surface area contributed by atoms with E-state index in [9.17, 15) is 9.59 Å². The van der Waals surface area contributed by atoms with E-state index in [4.69, 9.17) is 5.11 Å². The molecular weight excluding hydrogens is 242 g/mol. The summed E-state index contributed by atoms with van der Waals surface area (Å²) in [7, 11) is 0. The first-order chi connectivity index (χ1) is 8.13. The van der Waals surface area contributed by atoms with Gasteiger partial charge >= 0.3 is 12.0 Å². The minimum atomic E-state index is -1.02. The van der Waals surface area contributed by atoms with E-state index in [1.54, 1.807) is 6.20 Å². The predicted octanol–water partition coefficient (Wildman–Crippen LogP) is 1.20. The molecule has 0 bridgehead atoms. The SMILES string of the molecule is CCC[C@@H](NC(=O)NCc1nccs1)C(=O)O. The predicted molar refractivity (Wildman–Crippen MR) is 63.8 cm³/mol. The third-order valence-electron chi connectivity index (χ3n) is 2.06. The number of rotatable bonds is 6. The average molecular weight is 257 g/mol. The van der Waals surface area contributed by atoms with Crippen molar-refractivity contribution in [2.45, 2.75) is 32.4 Å². The number of carboxylic acid groups (broad SMARTS) is 1. The van der Waals surface area contributed by atoms with Gasteiger partial charge in [-0.25, -0.2) is 14.6 Å². The first kappa shape index (κ1) is 13.4. The summed E-state index contributed by atoms with van der Waals surface area (Å²) in [5.74, 6) is -1.02. The minimum Gasteiger partial charge on any atom is -0.480 e. The Kier molecular flexibility index (Phi) is 5.41. The molecule has 1 rings (SSSR count). The first-order valence-electron chi connectivity index (χ1n) is 5.29. The molecule has 17 heavy (non-hydrogen) atoms. The number of hydrogen-bond donors (Lipinski definition) is 3. The molecule has 0 aromatic carbocycles. The number of carbonyl (C=O) groups excluding carboxylic acids is 1. The third-order valence-corrected chi connectivity index (χ3v) is 2.84. The Labute approximate surface area is 103 Å². The number of carboxylic acids is 1. The molecule has 7 heteroatoms. The number of carbonyl (C=O) groups is 2. The summed E-state index contributed by atoms with van der Waals surface area (Å²) < 4.78 is 0. The van der Waals surface area contributed by atoms with Crippen molar-refractivity contribution in [1.82, 2.24) is 15.6 Å². The van der Waals surface area contributed by atoms with E-state index >= 15 is 0 Å². The maximum atomic E-state index is 11.4. The number of amides is 2. The van der Waals surface area contributed by atoms with Crippen LogP contribution >= 0.6 is 11.3 Å². The van der Waals surface area contributed by atoms with Crippen LogP contribution in [0.15, 0.2) is 11.6 Å². The Morgan fingerprint density at radius 1 is 1.59 bits per heavy atom. The number of thiazole rings is 1. The highest BCUT2D eigenvalue weighted by Gasteiger charge is 2.18. The van der Waals surface area contributed by atoms with E-state index in [-0.39, 0.29) is 0 Å². The molecule has 0 spiro atoms. The van der Waals surface area contributed by atoms with Gasteiger partial charge in [-0.2, -0.15) is 0 Å². The van der Waals surface area contributed by atoms with Crippen molar-refractivity contribution < 1.29 is 14.7 Å². The lowest BCUT2D eigenvalue weighted by molar-refractivity contribution is -0.139. The van der Waals surface area contributed by atoms with Crippen LogP contribution in [-0.2, 0) is 11.3 Å². The van der Waals surface area contributed by atoms with E-state index in [1.165, 1.54) is 11.3 Å². The van der Waals surface area contributed by atoms with Crippen molar-refractivity contribution >= 4 is 23.3 Å². The first-order valence-corrected chi connectivity index (χ1v) is 6.17. The second-order valence-electron chi connectivity index (χ2n) is 3.43. The maximum absolute atomic E-state index is 11.4. The van der Waals surface area contributed by atoms with Gasteiger partial charge in [-0.15, -0.1) is 11.3 Å². The standard InChI is InChI=1S/C10H15N3O3S/c1-2-3-7(9(14)15)13-10(16)12-6-8-11-4-5-17-8/h4-5,7H,2-3,6H2,1H3,(H,14,15)(H2,12,13,16)/t7-/m1/s1. The van der Waals surface area contributed by atoms with Gasteiger partial charge in [0.1, 0.15) is 11.0 Å². The molecule has 2 amide bonds. The second kappa shape index (κ2) is 6.85. The highest BCUT2D eigenvalue weighted by atomic mass is 32.1. The largest absolute Gasteiger partial charge is 0.480 e. The van der Waals surface area contributed by atoms with E-state index < -0.39 is 18.0 Å². The summed E-state index contributed by atoms with van der Waals surface area (Å²) in [6, 6.07) is -1.32. The Balaban J connectivity index is 2.34. The monoisotopic (exact) mass is 257 g/mol. The number of urea groups is 1. The molecule has 1 heterocycles. The van der Waals surface area contributed by atoms with Gasteiger partial charge in [-0.3, -0.25) is 0 Å². The lowest BCUT2D eigenvalue weighted by atomic mass is 10.2. The summed E-state index contributed by atoms with van der Waals surface area (Å²) in [6.45, 7) is 2.17. The maximum Gasteiger partial charge on any atom is 0.326 e. The van der Waals surface area contributed by atoms with Crippen LogP contribution in [0.3, 0.4) is 0 Å². The quantitative estimate of drug-likeness (QED) is 0.714. The molecule has 0 aliphatic heterocycles. The van der Waals surface area contributed by atoms with Crippen molar-refractivity contribution in [2.75, 3.05) is 0 Å². The van der Waals surface area contributed by atoms with E-state index in [2.05, 4.69) is 15.6 Å². The van der Waals surface area contributed by atoms with Crippen LogP contribution in [0.4, 0.5) is 4.79 Å². The molecule has 1 aromatic rings. The molecule has 94 valence electrons. The van der Waals surface area contributed by atoms with Crippen molar-refractivity contribution in [3.05, 3.63) is 16.6 Å². The van der Waals surface area contributed by atoms with Gasteiger partial charge in [0.2, 0.25) is 0 Å². The number of nitrogens with one attached hydrogen (secondary N) is 2. The highest BCUT2D eigenvalue weighted by Crippen LogP contribution is 2.02. The van der Waals surface area contributed by atoms with Gasteiger partial charge in [0, 0.05) is 11.6 Å². The minimum absolute atomic E-state index is 0.308. The van der Waals surface area contributed by atoms with Crippen LogP contribution in [-0.4, -0.2) is 28.1 Å². The molecule has 0 fully saturated rings. The Morgan fingerprint density at radius 2 is 2.35 bits per heavy atom. The molecule has 6 nitrogen and oxygen atoms in total. The number of nitrogens with zero attached hydrogens (tertiary/aromatic N) is 1. The molecule has 0 unspecified atom stereocenters. The molecule has 1 atom stereocenters. The van der Waals surface area contributed by atoms with E-state index in [0.29, 0.717) is 19.4 Å². The summed E-state index contributed by atoms with van der Waals surface area (Å²) in [6.07, 6.45) is 2.76. The fraction of sp³-hybridized carbons (Fsp3) is 0.500. The summed E-state index contributed by atoms with van der Waals surface area (Å²) in [4.78, 5) is 26.2. The zero-order valence-electron chi connectivity index (χ0n) is 9.47. The smallest absolute Gasteiger partial charge is 0.326 e. The number of hydrogen-bond acceptors (Lipinski definition) is 4. The fourth-order valence-corrected chi connectivity index (χ4v) is 1.81. The van der Waals surface area contributed by atoms with Crippen molar-refractivity contribution in [1.29, 1.82) is 0 Å². The normalized spacial score (nSPS) is 11.8. The Hall–Kier alpha value is -1.63. The van der Waals surface area contributed by atoms with E-state index in [1.807, 2.05) is 12.3 Å². The van der Waals surface area contributed by atoms with Crippen molar-refractivity contribution in [3.63, 3.8) is 0 Å². The van der Waals surface area contributed by atoms with Gasteiger partial charge in [-0.1, -0.05) is 13.3 Å². The second-order valence-corrected chi connectivity index (χ2v) is 4.41. The molecule has 1 aromatic heterocycles. The Bertz CT molecular complexity index is 367. The zero-order valence-corrected chi connectivity index (χ0v) is 10.3. The van der Waals surface area contributed by atoms with Crippen molar-refractivity contribution in [3.8, 4) is 0 Å². The van der Waals surface area contributed by atoms with E-state index in [0.717, 1.165) is 5.01 Å². The lowest BCUT2D eigenvalue weighted by Crippen LogP contribution is -2.45. The van der Waals surface area contributed by atoms with Gasteiger partial charge in [0.05, 0.1) is 6.54 Å². The number of aromatic nitrogens is 1. The van der Waals surface area contributed by atoms with Gasteiger partial charge in [0.25, 0.3) is 0 Å². The van der Waals surface area contributed by atoms with Crippen LogP contribution in [0.2, 0.25) is 0 Å². The van der Waals surface area contributed by atoms with Crippen LogP contribution in [0.1, 0.15) is 24.8 Å². The van der Waals surface area contributed by atoms with Gasteiger partial charge in [0.15, 0.2) is 0 Å². The Morgan fingerprint density at radius 3 is 2.88 bits per heavy atom. The zero-order chi connectivity index (χ0) is 12.7. The molecule has 0 aliphatic rings.